The first-order valence-corrected chi connectivity index (χ1v) is 15.1. The van der Waals surface area contributed by atoms with Crippen molar-refractivity contribution in [2.24, 2.45) is 15.4 Å². The van der Waals surface area contributed by atoms with Gasteiger partial charge in [-0.2, -0.15) is 5.11 Å². The van der Waals surface area contributed by atoms with Crippen LogP contribution in [0.2, 0.25) is 0 Å². The molecule has 158 valence electrons. The Morgan fingerprint density at radius 1 is 0.704 bits per heavy atom. The van der Waals surface area contributed by atoms with Crippen LogP contribution in [0.3, 0.4) is 0 Å². The van der Waals surface area contributed by atoms with Crippen LogP contribution in [0.15, 0.2) is 15.4 Å². The molecule has 0 radical (unpaired) electrons. The summed E-state index contributed by atoms with van der Waals surface area (Å²) in [5, 5.41) is 12.4. The van der Waals surface area contributed by atoms with Crippen molar-refractivity contribution < 1.29 is 0 Å². The highest BCUT2D eigenvalue weighted by Crippen LogP contribution is 2.30. The quantitative estimate of drug-likeness (QED) is 0.128. The van der Waals surface area contributed by atoms with E-state index in [2.05, 4.69) is 37.9 Å². The van der Waals surface area contributed by atoms with Crippen molar-refractivity contribution >= 4 is 29.0 Å². The first-order valence-electron chi connectivity index (χ1n) is 11.6. The van der Waals surface area contributed by atoms with E-state index in [1.807, 2.05) is 6.21 Å². The standard InChI is InChI=1S/C22H43BrN3P/c1-2-3-4-5-6-7-8-9-10-11-12-13-14-15-18-22(21-24-26-25-22)19-16-17-20-27-23/h21,27H,2-20H2,1H3. The van der Waals surface area contributed by atoms with Gasteiger partial charge >= 0.3 is 0 Å². The van der Waals surface area contributed by atoms with Crippen molar-refractivity contribution in [3.05, 3.63) is 0 Å². The van der Waals surface area contributed by atoms with Crippen LogP contribution in [0.4, 0.5) is 0 Å². The number of halogens is 1. The third kappa shape index (κ3) is 13.9. The number of rotatable bonds is 20. The van der Waals surface area contributed by atoms with Crippen LogP contribution in [0.5, 0.6) is 0 Å². The van der Waals surface area contributed by atoms with Crippen LogP contribution in [0, 0.1) is 0 Å². The lowest BCUT2D eigenvalue weighted by Crippen LogP contribution is -2.26. The van der Waals surface area contributed by atoms with Crippen molar-refractivity contribution in [2.75, 3.05) is 6.16 Å². The monoisotopic (exact) mass is 459 g/mol. The molecule has 0 aromatic carbocycles. The topological polar surface area (TPSA) is 37.1 Å². The van der Waals surface area contributed by atoms with Crippen LogP contribution in [0.25, 0.3) is 0 Å². The highest BCUT2D eigenvalue weighted by atomic mass is 79.9. The Balaban J connectivity index is 1.90. The molecule has 1 aliphatic heterocycles. The molecule has 1 aliphatic rings. The summed E-state index contributed by atoms with van der Waals surface area (Å²) >= 11 is 3.54. The van der Waals surface area contributed by atoms with E-state index in [9.17, 15) is 0 Å². The zero-order chi connectivity index (χ0) is 19.5. The summed E-state index contributed by atoms with van der Waals surface area (Å²) in [7, 11) is 0.892. The van der Waals surface area contributed by atoms with Gasteiger partial charge < -0.3 is 0 Å². The molecule has 0 aromatic heterocycles. The van der Waals surface area contributed by atoms with Crippen molar-refractivity contribution in [3.63, 3.8) is 0 Å². The lowest BCUT2D eigenvalue weighted by Gasteiger charge is -2.20. The molecule has 27 heavy (non-hydrogen) atoms. The first kappa shape index (κ1) is 25.2. The number of hydrogen-bond acceptors (Lipinski definition) is 3. The van der Waals surface area contributed by atoms with Crippen molar-refractivity contribution in [2.45, 2.75) is 128 Å². The van der Waals surface area contributed by atoms with Crippen molar-refractivity contribution in [3.8, 4) is 0 Å². The Bertz CT molecular complexity index is 376. The van der Waals surface area contributed by atoms with Crippen molar-refractivity contribution in [1.29, 1.82) is 0 Å². The van der Waals surface area contributed by atoms with Crippen molar-refractivity contribution in [1.82, 2.24) is 0 Å². The normalized spacial score (nSPS) is 19.0. The fourth-order valence-corrected chi connectivity index (χ4v) is 5.10. The lowest BCUT2D eigenvalue weighted by atomic mass is 9.89. The third-order valence-electron chi connectivity index (χ3n) is 5.69. The molecule has 0 saturated carbocycles. The minimum Gasteiger partial charge on any atom is -0.156 e. The Kier molecular flexibility index (Phi) is 17.0. The molecule has 2 unspecified atom stereocenters. The predicted octanol–water partition coefficient (Wildman–Crippen LogP) is 9.21. The van der Waals surface area contributed by atoms with E-state index < -0.39 is 0 Å². The minimum atomic E-state index is -0.0629. The van der Waals surface area contributed by atoms with E-state index in [4.69, 9.17) is 0 Å². The number of hydrogen-bond donors (Lipinski definition) is 0. The molecule has 0 aliphatic carbocycles. The largest absolute Gasteiger partial charge is 0.156 e. The fraction of sp³-hybridized carbons (Fsp3) is 0.955. The molecule has 0 spiro atoms. The van der Waals surface area contributed by atoms with Gasteiger partial charge in [0.05, 0.1) is 6.21 Å². The highest BCUT2D eigenvalue weighted by molar-refractivity contribution is 9.36. The van der Waals surface area contributed by atoms with E-state index in [-0.39, 0.29) is 5.54 Å². The van der Waals surface area contributed by atoms with Crippen LogP contribution in [0.1, 0.15) is 122 Å². The second-order valence-electron chi connectivity index (χ2n) is 8.22. The average Bonchev–Trinajstić information content (AvgIpc) is 3.14. The van der Waals surface area contributed by atoms with E-state index in [0.29, 0.717) is 0 Å². The van der Waals surface area contributed by atoms with Gasteiger partial charge in [0, 0.05) is 0 Å². The van der Waals surface area contributed by atoms with Crippen LogP contribution in [-0.2, 0) is 0 Å². The molecule has 0 fully saturated rings. The molecule has 2 atom stereocenters. The maximum Gasteiger partial charge on any atom is 0.121 e. The van der Waals surface area contributed by atoms with Gasteiger partial charge in [0.15, 0.2) is 0 Å². The van der Waals surface area contributed by atoms with E-state index in [0.717, 1.165) is 20.1 Å². The summed E-state index contributed by atoms with van der Waals surface area (Å²) in [6, 6.07) is 0. The first-order chi connectivity index (χ1) is 13.3. The number of nitrogens with zero attached hydrogens (tertiary/aromatic N) is 3. The van der Waals surface area contributed by atoms with Gasteiger partial charge in [-0.05, 0) is 30.6 Å². The summed E-state index contributed by atoms with van der Waals surface area (Å²) < 4.78 is 0. The van der Waals surface area contributed by atoms with Crippen LogP contribution in [-0.4, -0.2) is 17.9 Å². The Hall–Kier alpha value is 0.180. The Labute approximate surface area is 178 Å². The summed E-state index contributed by atoms with van der Waals surface area (Å²) in [6.07, 6.45) is 27.8. The zero-order valence-corrected chi connectivity index (χ0v) is 20.3. The molecule has 0 aromatic rings. The van der Waals surface area contributed by atoms with E-state index in [1.165, 1.54) is 109 Å². The Morgan fingerprint density at radius 3 is 1.63 bits per heavy atom. The second-order valence-corrected chi connectivity index (χ2v) is 10.7. The van der Waals surface area contributed by atoms with E-state index in [1.54, 1.807) is 0 Å². The van der Waals surface area contributed by atoms with Gasteiger partial charge in [0.1, 0.15) is 5.54 Å². The second kappa shape index (κ2) is 18.2. The molecule has 0 bridgehead atoms. The molecular formula is C22H43BrN3P. The zero-order valence-electron chi connectivity index (χ0n) is 17.7. The van der Waals surface area contributed by atoms with Gasteiger partial charge in [-0.15, -0.1) is 5.10 Å². The molecule has 0 N–H and O–H groups in total. The molecule has 0 amide bonds. The smallest absolute Gasteiger partial charge is 0.121 e. The lowest BCUT2D eigenvalue weighted by molar-refractivity contribution is 0.437. The number of unbranched alkanes of at least 4 members (excludes halogenated alkanes) is 14. The molecule has 0 saturated heterocycles. The maximum absolute atomic E-state index is 4.46. The predicted molar refractivity (Wildman–Crippen MR) is 127 cm³/mol. The fourth-order valence-electron chi connectivity index (χ4n) is 3.88. The SMILES string of the molecule is CCCCCCCCCCCCCCCCC1(CCCCPBr)C=NN=N1. The van der Waals surface area contributed by atoms with E-state index >= 15 is 0 Å². The van der Waals surface area contributed by atoms with Gasteiger partial charge in [0.2, 0.25) is 0 Å². The molecule has 3 nitrogen and oxygen atoms in total. The summed E-state index contributed by atoms with van der Waals surface area (Å²) in [5.41, 5.74) is -0.0629. The summed E-state index contributed by atoms with van der Waals surface area (Å²) in [6.45, 7) is 2.29. The molecule has 1 rings (SSSR count). The molecule has 1 heterocycles. The summed E-state index contributed by atoms with van der Waals surface area (Å²) in [5.74, 6) is 0. The third-order valence-corrected chi connectivity index (χ3v) is 7.42. The van der Waals surface area contributed by atoms with Gasteiger partial charge in [-0.25, -0.2) is 0 Å². The van der Waals surface area contributed by atoms with Gasteiger partial charge in [-0.1, -0.05) is 126 Å². The average molecular weight is 460 g/mol. The molecular weight excluding hydrogens is 417 g/mol. The highest BCUT2D eigenvalue weighted by Gasteiger charge is 2.29. The minimum absolute atomic E-state index is 0.0629. The van der Waals surface area contributed by atoms with Crippen LogP contribution >= 0.6 is 22.8 Å². The van der Waals surface area contributed by atoms with Gasteiger partial charge in [-0.3, -0.25) is 0 Å². The van der Waals surface area contributed by atoms with Crippen LogP contribution < -0.4 is 0 Å². The Morgan fingerprint density at radius 2 is 1.19 bits per heavy atom. The van der Waals surface area contributed by atoms with Gasteiger partial charge in [0.25, 0.3) is 0 Å². The molecule has 5 heteroatoms. The summed E-state index contributed by atoms with van der Waals surface area (Å²) in [4.78, 5) is 0. The maximum atomic E-state index is 4.46.